The summed E-state index contributed by atoms with van der Waals surface area (Å²) in [7, 11) is 0. The lowest BCUT2D eigenvalue weighted by Gasteiger charge is -2.25. The summed E-state index contributed by atoms with van der Waals surface area (Å²) in [5, 5.41) is 3.36. The summed E-state index contributed by atoms with van der Waals surface area (Å²) in [6.07, 6.45) is 2.43. The summed E-state index contributed by atoms with van der Waals surface area (Å²) >= 11 is 1.97. The van der Waals surface area contributed by atoms with Crippen molar-refractivity contribution in [2.45, 2.75) is 31.4 Å². The van der Waals surface area contributed by atoms with Gasteiger partial charge >= 0.3 is 5.97 Å². The molecule has 1 aromatic carbocycles. The Balaban J connectivity index is 2.15. The van der Waals surface area contributed by atoms with Crippen LogP contribution in [0.5, 0.6) is 0 Å². The first-order chi connectivity index (χ1) is 9.56. The first-order valence-corrected chi connectivity index (χ1v) is 7.98. The summed E-state index contributed by atoms with van der Waals surface area (Å²) in [5.74, 6) is 0.874. The zero-order chi connectivity index (χ0) is 14.6. The second-order valence-electron chi connectivity index (χ2n) is 5.25. The Bertz CT molecular complexity index is 485. The average molecular weight is 294 g/mol. The van der Waals surface area contributed by atoms with Gasteiger partial charge in [0.15, 0.2) is 0 Å². The number of para-hydroxylation sites is 1. The maximum atomic E-state index is 12.0. The molecule has 0 aromatic heterocycles. The number of nitrogens with one attached hydrogen (secondary N) is 1. The molecule has 1 heterocycles. The number of esters is 1. The molecule has 0 spiro atoms. The number of nitrogens with two attached hydrogens (primary N) is 1. The quantitative estimate of drug-likeness (QED) is 0.645. The minimum Gasteiger partial charge on any atom is -0.462 e. The lowest BCUT2D eigenvalue weighted by molar-refractivity contribution is 0.0527. The summed E-state index contributed by atoms with van der Waals surface area (Å²) in [4.78, 5) is 12.0. The van der Waals surface area contributed by atoms with E-state index in [0.29, 0.717) is 23.5 Å². The fourth-order valence-corrected chi connectivity index (χ4v) is 3.64. The molecule has 1 fully saturated rings. The minimum atomic E-state index is -0.327. The summed E-state index contributed by atoms with van der Waals surface area (Å²) in [6, 6.07) is 5.33. The molecule has 1 unspecified atom stereocenters. The predicted molar refractivity (Wildman–Crippen MR) is 85.4 cm³/mol. The summed E-state index contributed by atoms with van der Waals surface area (Å²) in [5.41, 5.74) is 7.80. The molecule has 0 radical (unpaired) electrons. The highest BCUT2D eigenvalue weighted by molar-refractivity contribution is 8.00. The average Bonchev–Trinajstić information content (AvgIpc) is 2.85. The van der Waals surface area contributed by atoms with Crippen molar-refractivity contribution in [3.05, 3.63) is 23.8 Å². The molecule has 5 heteroatoms. The molecule has 1 aliphatic rings. The number of thioether (sulfide) groups is 1. The Labute approximate surface area is 124 Å². The van der Waals surface area contributed by atoms with Crippen molar-refractivity contribution >= 4 is 29.1 Å². The fraction of sp³-hybridized carbons (Fsp3) is 0.533. The van der Waals surface area contributed by atoms with E-state index in [4.69, 9.17) is 10.5 Å². The molecule has 1 saturated heterocycles. The van der Waals surface area contributed by atoms with Gasteiger partial charge in [0.1, 0.15) is 0 Å². The highest BCUT2D eigenvalue weighted by Gasteiger charge is 2.29. The Kier molecular flexibility index (Phi) is 4.81. The monoisotopic (exact) mass is 294 g/mol. The van der Waals surface area contributed by atoms with Gasteiger partial charge in [-0.2, -0.15) is 11.8 Å². The van der Waals surface area contributed by atoms with Crippen molar-refractivity contribution in [3.8, 4) is 0 Å². The van der Waals surface area contributed by atoms with Crippen molar-refractivity contribution in [1.29, 1.82) is 0 Å². The predicted octanol–water partition coefficient (Wildman–Crippen LogP) is 3.14. The Morgan fingerprint density at radius 2 is 2.35 bits per heavy atom. The van der Waals surface area contributed by atoms with Gasteiger partial charge in [-0.1, -0.05) is 6.07 Å². The van der Waals surface area contributed by atoms with Gasteiger partial charge in [0.05, 0.1) is 23.5 Å². The molecular formula is C15H22N2O2S. The van der Waals surface area contributed by atoms with E-state index in [1.54, 1.807) is 25.1 Å². The van der Waals surface area contributed by atoms with Crippen LogP contribution in [0.25, 0.3) is 0 Å². The number of nitrogen functional groups attached to an aromatic ring is 1. The van der Waals surface area contributed by atoms with E-state index in [-0.39, 0.29) is 10.7 Å². The van der Waals surface area contributed by atoms with Gasteiger partial charge in [-0.25, -0.2) is 4.79 Å². The first-order valence-electron chi connectivity index (χ1n) is 6.99. The van der Waals surface area contributed by atoms with E-state index in [1.807, 2.05) is 11.8 Å². The van der Waals surface area contributed by atoms with Crippen LogP contribution < -0.4 is 11.1 Å². The van der Waals surface area contributed by atoms with E-state index in [9.17, 15) is 4.79 Å². The fourth-order valence-electron chi connectivity index (χ4n) is 2.40. The molecule has 2 rings (SSSR count). The van der Waals surface area contributed by atoms with Gasteiger partial charge in [-0.05, 0) is 44.6 Å². The topological polar surface area (TPSA) is 64.3 Å². The smallest absolute Gasteiger partial charge is 0.340 e. The van der Waals surface area contributed by atoms with Crippen molar-refractivity contribution < 1.29 is 9.53 Å². The number of hydrogen-bond acceptors (Lipinski definition) is 5. The normalized spacial score (nSPS) is 21.7. The SMILES string of the molecule is CCOC(=O)c1cccc(N)c1NCC1(C)CCCS1. The zero-order valence-corrected chi connectivity index (χ0v) is 12.9. The van der Waals surface area contributed by atoms with Crippen molar-refractivity contribution in [1.82, 2.24) is 0 Å². The number of hydrogen-bond donors (Lipinski definition) is 2. The third-order valence-electron chi connectivity index (χ3n) is 3.53. The standard InChI is InChI=1S/C15H22N2O2S/c1-3-19-14(18)11-6-4-7-12(16)13(11)17-10-15(2)8-5-9-20-15/h4,6-7,17H,3,5,8-10,16H2,1-2H3. The maximum absolute atomic E-state index is 12.0. The Morgan fingerprint density at radius 3 is 3.00 bits per heavy atom. The van der Waals surface area contributed by atoms with Crippen LogP contribution in [-0.4, -0.2) is 29.6 Å². The molecular weight excluding hydrogens is 272 g/mol. The lowest BCUT2D eigenvalue weighted by Crippen LogP contribution is -2.28. The number of carbonyl (C=O) groups is 1. The highest BCUT2D eigenvalue weighted by Crippen LogP contribution is 2.38. The van der Waals surface area contributed by atoms with E-state index >= 15 is 0 Å². The second-order valence-corrected chi connectivity index (χ2v) is 6.93. The summed E-state index contributed by atoms with van der Waals surface area (Å²) in [6.45, 7) is 5.22. The van der Waals surface area contributed by atoms with Gasteiger partial charge in [-0.15, -0.1) is 0 Å². The molecule has 0 bridgehead atoms. The number of benzene rings is 1. The maximum Gasteiger partial charge on any atom is 0.340 e. The summed E-state index contributed by atoms with van der Waals surface area (Å²) < 4.78 is 5.30. The number of ether oxygens (including phenoxy) is 1. The van der Waals surface area contributed by atoms with E-state index < -0.39 is 0 Å². The van der Waals surface area contributed by atoms with Crippen LogP contribution in [0.3, 0.4) is 0 Å². The van der Waals surface area contributed by atoms with Crippen LogP contribution in [0, 0.1) is 0 Å². The molecule has 4 nitrogen and oxygen atoms in total. The Morgan fingerprint density at radius 1 is 1.55 bits per heavy atom. The molecule has 1 aliphatic heterocycles. The van der Waals surface area contributed by atoms with E-state index in [0.717, 1.165) is 6.54 Å². The van der Waals surface area contributed by atoms with Gasteiger partial charge in [-0.3, -0.25) is 0 Å². The van der Waals surface area contributed by atoms with Gasteiger partial charge in [0, 0.05) is 11.3 Å². The molecule has 110 valence electrons. The molecule has 0 amide bonds. The minimum absolute atomic E-state index is 0.216. The van der Waals surface area contributed by atoms with E-state index in [2.05, 4.69) is 12.2 Å². The highest BCUT2D eigenvalue weighted by atomic mass is 32.2. The number of carbonyl (C=O) groups excluding carboxylic acids is 1. The van der Waals surface area contributed by atoms with Crippen LogP contribution in [0.1, 0.15) is 37.0 Å². The zero-order valence-electron chi connectivity index (χ0n) is 12.1. The molecule has 3 N–H and O–H groups in total. The van der Waals surface area contributed by atoms with Crippen molar-refractivity contribution in [2.24, 2.45) is 0 Å². The van der Waals surface area contributed by atoms with Gasteiger partial charge in [0.25, 0.3) is 0 Å². The largest absolute Gasteiger partial charge is 0.462 e. The van der Waals surface area contributed by atoms with Crippen LogP contribution in [0.2, 0.25) is 0 Å². The lowest BCUT2D eigenvalue weighted by atomic mass is 10.0. The van der Waals surface area contributed by atoms with Gasteiger partial charge in [0.2, 0.25) is 0 Å². The Hall–Kier alpha value is -1.36. The second kappa shape index (κ2) is 6.39. The van der Waals surface area contributed by atoms with Crippen LogP contribution in [0.4, 0.5) is 11.4 Å². The number of rotatable bonds is 5. The first kappa shape index (κ1) is 15.0. The van der Waals surface area contributed by atoms with Crippen LogP contribution >= 0.6 is 11.8 Å². The third kappa shape index (κ3) is 3.39. The van der Waals surface area contributed by atoms with E-state index in [1.165, 1.54) is 18.6 Å². The van der Waals surface area contributed by atoms with Crippen LogP contribution in [-0.2, 0) is 4.74 Å². The molecule has 1 atom stereocenters. The number of anilines is 2. The van der Waals surface area contributed by atoms with Crippen molar-refractivity contribution in [3.63, 3.8) is 0 Å². The molecule has 20 heavy (non-hydrogen) atoms. The van der Waals surface area contributed by atoms with Crippen molar-refractivity contribution in [2.75, 3.05) is 30.0 Å². The molecule has 0 saturated carbocycles. The van der Waals surface area contributed by atoms with Crippen LogP contribution in [0.15, 0.2) is 18.2 Å². The molecule has 0 aliphatic carbocycles. The third-order valence-corrected chi connectivity index (χ3v) is 5.07. The molecule has 1 aromatic rings. The van der Waals surface area contributed by atoms with Gasteiger partial charge < -0.3 is 15.8 Å².